The summed E-state index contributed by atoms with van der Waals surface area (Å²) in [6.07, 6.45) is 13.9. The fraction of sp³-hybridized carbons (Fsp3) is 1.00. The molecule has 0 radical (unpaired) electrons. The van der Waals surface area contributed by atoms with E-state index in [9.17, 15) is 10.2 Å². The van der Waals surface area contributed by atoms with Crippen LogP contribution in [0.4, 0.5) is 0 Å². The Balaban J connectivity index is 1.94. The molecule has 1 rings (SSSR count). The number of hydrogen-bond acceptors (Lipinski definition) is 2. The first kappa shape index (κ1) is 16.0. The molecular formula is C16H32O2. The van der Waals surface area contributed by atoms with Gasteiger partial charge in [0, 0.05) is 0 Å². The van der Waals surface area contributed by atoms with Gasteiger partial charge in [0.15, 0.2) is 0 Å². The summed E-state index contributed by atoms with van der Waals surface area (Å²) in [6.45, 7) is 2.25. The van der Waals surface area contributed by atoms with Gasteiger partial charge in [-0.2, -0.15) is 0 Å². The van der Waals surface area contributed by atoms with E-state index in [0.717, 1.165) is 25.7 Å². The number of rotatable bonds is 9. The number of aliphatic hydroxyl groups is 2. The second kappa shape index (κ2) is 9.80. The van der Waals surface area contributed by atoms with Gasteiger partial charge in [-0.3, -0.25) is 0 Å². The quantitative estimate of drug-likeness (QED) is 0.611. The van der Waals surface area contributed by atoms with E-state index in [0.29, 0.717) is 5.92 Å². The molecule has 1 aliphatic carbocycles. The summed E-state index contributed by atoms with van der Waals surface area (Å²) in [6, 6.07) is 0. The molecule has 1 fully saturated rings. The van der Waals surface area contributed by atoms with Gasteiger partial charge in [0.05, 0.1) is 12.2 Å². The average molecular weight is 256 g/mol. The van der Waals surface area contributed by atoms with Crippen LogP contribution in [0.1, 0.15) is 84.0 Å². The van der Waals surface area contributed by atoms with Crippen LogP contribution in [-0.2, 0) is 0 Å². The van der Waals surface area contributed by atoms with Crippen molar-refractivity contribution in [2.24, 2.45) is 5.92 Å². The number of unbranched alkanes of at least 4 members (excludes halogenated alkanes) is 7. The number of aliphatic hydroxyl groups excluding tert-OH is 2. The molecular weight excluding hydrogens is 224 g/mol. The summed E-state index contributed by atoms with van der Waals surface area (Å²) in [5, 5.41) is 19.5. The van der Waals surface area contributed by atoms with E-state index in [1.165, 1.54) is 51.4 Å². The fourth-order valence-corrected chi connectivity index (χ4v) is 3.10. The minimum Gasteiger partial charge on any atom is -0.390 e. The number of hydrogen-bond donors (Lipinski definition) is 2. The van der Waals surface area contributed by atoms with Gasteiger partial charge in [0.2, 0.25) is 0 Å². The Morgan fingerprint density at radius 3 is 2.11 bits per heavy atom. The Morgan fingerprint density at radius 1 is 0.833 bits per heavy atom. The molecule has 0 aliphatic heterocycles. The van der Waals surface area contributed by atoms with Gasteiger partial charge in [-0.15, -0.1) is 0 Å². The molecule has 0 aromatic carbocycles. The Hall–Kier alpha value is -0.0800. The first-order valence-corrected chi connectivity index (χ1v) is 8.11. The van der Waals surface area contributed by atoms with Crippen LogP contribution in [0, 0.1) is 5.92 Å². The third-order valence-corrected chi connectivity index (χ3v) is 4.38. The Morgan fingerprint density at radius 2 is 1.44 bits per heavy atom. The van der Waals surface area contributed by atoms with E-state index in [1.54, 1.807) is 0 Å². The third kappa shape index (κ3) is 6.19. The van der Waals surface area contributed by atoms with Crippen molar-refractivity contribution in [1.82, 2.24) is 0 Å². The highest BCUT2D eigenvalue weighted by Gasteiger charge is 2.29. The predicted molar refractivity (Wildman–Crippen MR) is 76.6 cm³/mol. The molecule has 108 valence electrons. The molecule has 1 saturated carbocycles. The van der Waals surface area contributed by atoms with Crippen molar-refractivity contribution in [3.8, 4) is 0 Å². The summed E-state index contributed by atoms with van der Waals surface area (Å²) >= 11 is 0. The zero-order chi connectivity index (χ0) is 13.2. The van der Waals surface area contributed by atoms with Gasteiger partial charge in [0.1, 0.15) is 0 Å². The van der Waals surface area contributed by atoms with Crippen LogP contribution >= 0.6 is 0 Å². The van der Waals surface area contributed by atoms with Gasteiger partial charge in [-0.25, -0.2) is 0 Å². The SMILES string of the molecule is CCCCCCCCCC[C@H]1CCC[C@@H](O)[C@@H]1O. The highest BCUT2D eigenvalue weighted by Crippen LogP contribution is 2.29. The topological polar surface area (TPSA) is 40.5 Å². The van der Waals surface area contributed by atoms with Crippen molar-refractivity contribution in [3.63, 3.8) is 0 Å². The summed E-state index contributed by atoms with van der Waals surface area (Å²) in [7, 11) is 0. The smallest absolute Gasteiger partial charge is 0.0827 e. The lowest BCUT2D eigenvalue weighted by Gasteiger charge is -2.31. The molecule has 1 aliphatic rings. The van der Waals surface area contributed by atoms with Crippen LogP contribution in [0.3, 0.4) is 0 Å². The highest BCUT2D eigenvalue weighted by molar-refractivity contribution is 4.81. The molecule has 2 nitrogen and oxygen atoms in total. The molecule has 0 amide bonds. The normalized spacial score (nSPS) is 28.5. The summed E-state index contributed by atoms with van der Waals surface area (Å²) < 4.78 is 0. The first-order valence-electron chi connectivity index (χ1n) is 8.11. The van der Waals surface area contributed by atoms with Gasteiger partial charge in [0.25, 0.3) is 0 Å². The van der Waals surface area contributed by atoms with Crippen molar-refractivity contribution < 1.29 is 10.2 Å². The molecule has 0 saturated heterocycles. The third-order valence-electron chi connectivity index (χ3n) is 4.38. The lowest BCUT2D eigenvalue weighted by Crippen LogP contribution is -2.37. The van der Waals surface area contributed by atoms with Crippen molar-refractivity contribution in [1.29, 1.82) is 0 Å². The minimum atomic E-state index is -0.460. The maximum Gasteiger partial charge on any atom is 0.0827 e. The molecule has 0 unspecified atom stereocenters. The fourth-order valence-electron chi connectivity index (χ4n) is 3.10. The Kier molecular flexibility index (Phi) is 8.70. The van der Waals surface area contributed by atoms with E-state index >= 15 is 0 Å². The zero-order valence-electron chi connectivity index (χ0n) is 12.1. The molecule has 2 N–H and O–H groups in total. The molecule has 0 aromatic rings. The van der Waals surface area contributed by atoms with Crippen molar-refractivity contribution in [2.75, 3.05) is 0 Å². The van der Waals surface area contributed by atoms with E-state index < -0.39 is 12.2 Å². The van der Waals surface area contributed by atoms with E-state index in [-0.39, 0.29) is 0 Å². The van der Waals surface area contributed by atoms with Crippen LogP contribution < -0.4 is 0 Å². The molecule has 0 spiro atoms. The highest BCUT2D eigenvalue weighted by atomic mass is 16.3. The largest absolute Gasteiger partial charge is 0.390 e. The van der Waals surface area contributed by atoms with E-state index in [2.05, 4.69) is 6.92 Å². The van der Waals surface area contributed by atoms with Gasteiger partial charge >= 0.3 is 0 Å². The summed E-state index contributed by atoms with van der Waals surface area (Å²) in [4.78, 5) is 0. The molecule has 0 aromatic heterocycles. The maximum absolute atomic E-state index is 9.89. The lowest BCUT2D eigenvalue weighted by atomic mass is 9.81. The second-order valence-corrected chi connectivity index (χ2v) is 6.01. The molecule has 18 heavy (non-hydrogen) atoms. The molecule has 2 heteroatoms. The van der Waals surface area contributed by atoms with Crippen molar-refractivity contribution in [2.45, 2.75) is 96.2 Å². The second-order valence-electron chi connectivity index (χ2n) is 6.01. The predicted octanol–water partition coefficient (Wildman–Crippen LogP) is 4.04. The molecule has 0 bridgehead atoms. The standard InChI is InChI=1S/C16H32O2/c1-2-3-4-5-6-7-8-9-11-14-12-10-13-15(17)16(14)18/h14-18H,2-13H2,1H3/t14-,15+,16+/m0/s1. The Bertz CT molecular complexity index is 194. The van der Waals surface area contributed by atoms with Crippen LogP contribution in [0.15, 0.2) is 0 Å². The van der Waals surface area contributed by atoms with Crippen LogP contribution in [0.5, 0.6) is 0 Å². The maximum atomic E-state index is 9.89. The average Bonchev–Trinajstić information content (AvgIpc) is 2.37. The lowest BCUT2D eigenvalue weighted by molar-refractivity contribution is -0.0472. The van der Waals surface area contributed by atoms with E-state index in [1.807, 2.05) is 0 Å². The monoisotopic (exact) mass is 256 g/mol. The van der Waals surface area contributed by atoms with Crippen LogP contribution in [-0.4, -0.2) is 22.4 Å². The van der Waals surface area contributed by atoms with Gasteiger partial charge in [-0.1, -0.05) is 64.7 Å². The minimum absolute atomic E-state index is 0.355. The van der Waals surface area contributed by atoms with Gasteiger partial charge in [-0.05, 0) is 25.2 Å². The van der Waals surface area contributed by atoms with Gasteiger partial charge < -0.3 is 10.2 Å². The van der Waals surface area contributed by atoms with Crippen molar-refractivity contribution >= 4 is 0 Å². The molecule has 3 atom stereocenters. The molecule has 0 heterocycles. The summed E-state index contributed by atoms with van der Waals surface area (Å²) in [5.74, 6) is 0.355. The first-order chi connectivity index (χ1) is 8.75. The van der Waals surface area contributed by atoms with E-state index in [4.69, 9.17) is 0 Å². The van der Waals surface area contributed by atoms with Crippen molar-refractivity contribution in [3.05, 3.63) is 0 Å². The summed E-state index contributed by atoms with van der Waals surface area (Å²) in [5.41, 5.74) is 0. The Labute approximate surface area is 113 Å². The van der Waals surface area contributed by atoms with Crippen LogP contribution in [0.25, 0.3) is 0 Å². The van der Waals surface area contributed by atoms with Crippen LogP contribution in [0.2, 0.25) is 0 Å². The zero-order valence-corrected chi connectivity index (χ0v) is 12.1.